The van der Waals surface area contributed by atoms with Crippen molar-refractivity contribution in [3.63, 3.8) is 0 Å². The molecule has 2 bridgehead atoms. The number of hydrogen-bond donors (Lipinski definition) is 2. The number of nitrogens with zero attached hydrogens (tertiary/aromatic N) is 1. The van der Waals surface area contributed by atoms with Crippen molar-refractivity contribution in [2.75, 3.05) is 12.4 Å². The normalized spacial score (nSPS) is 32.1. The molecule has 4 heterocycles. The van der Waals surface area contributed by atoms with Gasteiger partial charge in [-0.2, -0.15) is 0 Å². The molecule has 3 aliphatic rings. The molecule has 2 fully saturated rings. The zero-order valence-corrected chi connectivity index (χ0v) is 19.1. The fraction of sp³-hybridized carbons (Fsp3) is 0.625. The first kappa shape index (κ1) is 23.3. The van der Waals surface area contributed by atoms with Gasteiger partial charge in [-0.3, -0.25) is 9.78 Å². The molecule has 4 atom stereocenters. The molecule has 1 amide bonds. The number of fused-ring (bicyclic) bond motifs is 3. The Morgan fingerprint density at radius 2 is 2.06 bits per heavy atom. The molecule has 32 heavy (non-hydrogen) atoms. The van der Waals surface area contributed by atoms with Gasteiger partial charge in [-0.1, -0.05) is 17.8 Å². The molecular weight excluding hydrogens is 428 g/mol. The highest BCUT2D eigenvalue weighted by Gasteiger charge is 2.50. The molecule has 2 N–H and O–H groups in total. The summed E-state index contributed by atoms with van der Waals surface area (Å²) in [5, 5.41) is 13.2. The lowest BCUT2D eigenvalue weighted by molar-refractivity contribution is -0.200. The first-order valence-corrected chi connectivity index (χ1v) is 12.6. The number of aliphatic hydroxyl groups is 1. The van der Waals surface area contributed by atoms with Crippen LogP contribution in [0.3, 0.4) is 0 Å². The molecule has 1 aromatic heterocycles. The molecule has 0 saturated carbocycles. The van der Waals surface area contributed by atoms with Crippen LogP contribution in [0.2, 0.25) is 0 Å². The zero-order chi connectivity index (χ0) is 22.4. The Bertz CT molecular complexity index is 847. The minimum Gasteiger partial charge on any atom is -0.459 e. The molecule has 0 unspecified atom stereocenters. The molecule has 2 saturated heterocycles. The number of ether oxygens (including phenoxy) is 2. The fourth-order valence-corrected chi connectivity index (χ4v) is 5.90. The van der Waals surface area contributed by atoms with Gasteiger partial charge < -0.3 is 19.9 Å². The molecule has 4 rings (SSSR count). The molecule has 0 spiro atoms. The first-order valence-electron chi connectivity index (χ1n) is 11.6. The van der Waals surface area contributed by atoms with Crippen LogP contribution in [-0.4, -0.2) is 57.5 Å². The molecule has 7 nitrogen and oxygen atoms in total. The van der Waals surface area contributed by atoms with E-state index in [1.807, 2.05) is 18.5 Å². The number of esters is 1. The fourth-order valence-electron chi connectivity index (χ4n) is 4.97. The van der Waals surface area contributed by atoms with E-state index >= 15 is 0 Å². The molecule has 0 aromatic carbocycles. The van der Waals surface area contributed by atoms with Crippen LogP contribution < -0.4 is 5.32 Å². The van der Waals surface area contributed by atoms with Crippen molar-refractivity contribution in [1.82, 2.24) is 10.3 Å². The molecule has 0 radical (unpaired) electrons. The monoisotopic (exact) mass is 460 g/mol. The van der Waals surface area contributed by atoms with Gasteiger partial charge in [0.2, 0.25) is 0 Å². The summed E-state index contributed by atoms with van der Waals surface area (Å²) in [7, 11) is 0. The van der Waals surface area contributed by atoms with Crippen LogP contribution in [0, 0.1) is 0 Å². The highest BCUT2D eigenvalue weighted by atomic mass is 32.2. The molecular formula is C24H32N2O5S. The lowest BCUT2D eigenvalue weighted by Gasteiger charge is -2.46. The summed E-state index contributed by atoms with van der Waals surface area (Å²) in [4.78, 5) is 28.5. The number of allylic oxidation sites excluding steroid dienone is 1. The van der Waals surface area contributed by atoms with Gasteiger partial charge in [0.05, 0.1) is 18.8 Å². The van der Waals surface area contributed by atoms with Gasteiger partial charge in [-0.05, 0) is 62.1 Å². The number of pyridine rings is 1. The minimum absolute atomic E-state index is 0.107. The van der Waals surface area contributed by atoms with E-state index < -0.39 is 5.60 Å². The van der Waals surface area contributed by atoms with Crippen molar-refractivity contribution in [2.24, 2.45) is 0 Å². The van der Waals surface area contributed by atoms with Gasteiger partial charge in [0.15, 0.2) is 0 Å². The van der Waals surface area contributed by atoms with Crippen LogP contribution in [0.15, 0.2) is 30.6 Å². The summed E-state index contributed by atoms with van der Waals surface area (Å²) in [5.41, 5.74) is 1.68. The summed E-state index contributed by atoms with van der Waals surface area (Å²) in [6.45, 7) is -0.229. The predicted molar refractivity (Wildman–Crippen MR) is 122 cm³/mol. The Morgan fingerprint density at radius 1 is 1.19 bits per heavy atom. The molecule has 1 aromatic rings. The molecule has 3 aliphatic heterocycles. The Morgan fingerprint density at radius 3 is 2.88 bits per heavy atom. The van der Waals surface area contributed by atoms with Crippen molar-refractivity contribution in [2.45, 2.75) is 81.6 Å². The third-order valence-electron chi connectivity index (χ3n) is 6.66. The summed E-state index contributed by atoms with van der Waals surface area (Å²) in [5.74, 6) is 0.182. The van der Waals surface area contributed by atoms with Crippen LogP contribution in [-0.2, 0) is 27.1 Å². The molecule has 8 heteroatoms. The lowest BCUT2D eigenvalue weighted by Crippen LogP contribution is -2.60. The smallest absolute Gasteiger partial charge is 0.330 e. The number of aromatic nitrogens is 1. The number of aryl methyl sites for hydroxylation is 2. The van der Waals surface area contributed by atoms with E-state index in [1.54, 1.807) is 0 Å². The van der Waals surface area contributed by atoms with Crippen molar-refractivity contribution in [3.05, 3.63) is 41.7 Å². The Kier molecular flexibility index (Phi) is 7.86. The summed E-state index contributed by atoms with van der Waals surface area (Å²) in [6.07, 6.45) is 14.2. The SMILES string of the molecule is O=C1C=CCCCCc2cnccc2CCC[C@@H]2C[C@H](C[C@](CO)([C@@H]3CSC(=O)N3)O2)O1. The van der Waals surface area contributed by atoms with Crippen molar-refractivity contribution in [1.29, 1.82) is 0 Å². The van der Waals surface area contributed by atoms with E-state index in [4.69, 9.17) is 9.47 Å². The summed E-state index contributed by atoms with van der Waals surface area (Å²) >= 11 is 1.20. The van der Waals surface area contributed by atoms with Gasteiger partial charge in [0.1, 0.15) is 11.7 Å². The number of amides is 1. The van der Waals surface area contributed by atoms with Crippen LogP contribution in [0.4, 0.5) is 4.79 Å². The highest BCUT2D eigenvalue weighted by Crippen LogP contribution is 2.38. The van der Waals surface area contributed by atoms with Crippen LogP contribution in [0.1, 0.15) is 56.1 Å². The summed E-state index contributed by atoms with van der Waals surface area (Å²) < 4.78 is 12.2. The minimum atomic E-state index is -0.940. The van der Waals surface area contributed by atoms with Crippen molar-refractivity contribution in [3.8, 4) is 0 Å². The third-order valence-corrected chi connectivity index (χ3v) is 7.54. The number of carbonyl (C=O) groups excluding carboxylic acids is 2. The lowest BCUT2D eigenvalue weighted by atomic mass is 9.83. The van der Waals surface area contributed by atoms with Gasteiger partial charge in [-0.15, -0.1) is 0 Å². The Hall–Kier alpha value is -1.90. The van der Waals surface area contributed by atoms with Gasteiger partial charge in [0, 0.05) is 37.1 Å². The predicted octanol–water partition coefficient (Wildman–Crippen LogP) is 3.33. The Labute approximate surface area is 193 Å². The quantitative estimate of drug-likeness (QED) is 0.653. The number of aliphatic hydroxyl groups excluding tert-OH is 1. The summed E-state index contributed by atoms with van der Waals surface area (Å²) in [6, 6.07) is 1.80. The number of thioether (sulfide) groups is 1. The van der Waals surface area contributed by atoms with Crippen LogP contribution in [0.5, 0.6) is 0 Å². The van der Waals surface area contributed by atoms with E-state index in [9.17, 15) is 14.7 Å². The number of rotatable bonds is 2. The highest BCUT2D eigenvalue weighted by molar-refractivity contribution is 8.14. The van der Waals surface area contributed by atoms with Crippen molar-refractivity contribution >= 4 is 23.0 Å². The maximum atomic E-state index is 12.4. The van der Waals surface area contributed by atoms with E-state index in [2.05, 4.69) is 16.4 Å². The first-order chi connectivity index (χ1) is 15.6. The van der Waals surface area contributed by atoms with E-state index in [0.29, 0.717) is 18.6 Å². The van der Waals surface area contributed by atoms with Gasteiger partial charge in [-0.25, -0.2) is 4.79 Å². The number of nitrogens with one attached hydrogen (secondary N) is 1. The topological polar surface area (TPSA) is 97.8 Å². The molecule has 174 valence electrons. The Balaban J connectivity index is 1.54. The average molecular weight is 461 g/mol. The van der Waals surface area contributed by atoms with E-state index in [1.165, 1.54) is 29.0 Å². The second-order valence-electron chi connectivity index (χ2n) is 8.94. The van der Waals surface area contributed by atoms with Crippen molar-refractivity contribution < 1.29 is 24.2 Å². The van der Waals surface area contributed by atoms with Gasteiger partial charge >= 0.3 is 5.97 Å². The maximum Gasteiger partial charge on any atom is 0.330 e. The van der Waals surface area contributed by atoms with Crippen LogP contribution >= 0.6 is 11.8 Å². The van der Waals surface area contributed by atoms with E-state index in [-0.39, 0.29) is 36.1 Å². The second-order valence-corrected chi connectivity index (χ2v) is 9.93. The van der Waals surface area contributed by atoms with E-state index in [0.717, 1.165) is 44.9 Å². The number of hydrogen-bond acceptors (Lipinski definition) is 7. The zero-order valence-electron chi connectivity index (χ0n) is 18.3. The standard InChI is InChI=1S/C24H32N2O5S/c27-16-24(21-15-32-23(29)26-21)13-20-12-19(31-24)8-5-7-17-10-11-25-14-18(17)6-3-1-2-4-9-22(28)30-20/h4,9-11,14,19-21,27H,1-3,5-8,12-13,15-16H2,(H,26,29)/t19-,20-,21+,24+/m1/s1. The third kappa shape index (κ3) is 5.71. The largest absolute Gasteiger partial charge is 0.459 e. The van der Waals surface area contributed by atoms with Crippen LogP contribution in [0.25, 0.3) is 0 Å². The second kappa shape index (κ2) is 10.8. The maximum absolute atomic E-state index is 12.4. The number of carbonyl (C=O) groups is 2. The molecule has 0 aliphatic carbocycles. The average Bonchev–Trinajstić information content (AvgIpc) is 3.23. The van der Waals surface area contributed by atoms with Gasteiger partial charge in [0.25, 0.3) is 5.24 Å².